The number of carboxylic acid groups (broad SMARTS) is 1. The van der Waals surface area contributed by atoms with E-state index in [0.717, 1.165) is 12.8 Å². The summed E-state index contributed by atoms with van der Waals surface area (Å²) in [6.07, 6.45) is 0.710. The molecule has 2 amide bonds. The van der Waals surface area contributed by atoms with Crippen molar-refractivity contribution in [3.05, 3.63) is 0 Å². The minimum Gasteiger partial charge on any atom is -0.480 e. The van der Waals surface area contributed by atoms with E-state index in [1.54, 1.807) is 0 Å². The molecule has 2 atom stereocenters. The average molecular weight is 288 g/mol. The lowest BCUT2D eigenvalue weighted by atomic mass is 10.1. The van der Waals surface area contributed by atoms with E-state index < -0.39 is 24.1 Å². The van der Waals surface area contributed by atoms with Crippen LogP contribution in [0, 0.1) is 0 Å². The second-order valence-electron chi connectivity index (χ2n) is 5.07. The lowest BCUT2D eigenvalue weighted by Crippen LogP contribution is -2.52. The second-order valence-corrected chi connectivity index (χ2v) is 5.07. The summed E-state index contributed by atoms with van der Waals surface area (Å²) >= 11 is 0. The van der Waals surface area contributed by atoms with Crippen LogP contribution in [0.1, 0.15) is 33.1 Å². The summed E-state index contributed by atoms with van der Waals surface area (Å²) in [6.45, 7) is 3.91. The van der Waals surface area contributed by atoms with E-state index in [-0.39, 0.29) is 32.2 Å². The Morgan fingerprint density at radius 2 is 1.95 bits per heavy atom. The first-order chi connectivity index (χ1) is 9.46. The van der Waals surface area contributed by atoms with Crippen LogP contribution in [-0.4, -0.2) is 75.0 Å². The van der Waals surface area contributed by atoms with Crippen molar-refractivity contribution in [2.45, 2.75) is 51.3 Å². The Hall–Kier alpha value is -1.34. The summed E-state index contributed by atoms with van der Waals surface area (Å²) in [5.74, 6) is -1.11. The van der Waals surface area contributed by atoms with Crippen molar-refractivity contribution in [2.75, 3.05) is 19.7 Å². The molecule has 7 heteroatoms. The van der Waals surface area contributed by atoms with Crippen LogP contribution in [0.2, 0.25) is 0 Å². The number of carbonyl (C=O) groups is 2. The van der Waals surface area contributed by atoms with Crippen LogP contribution in [0.4, 0.5) is 4.79 Å². The third-order valence-corrected chi connectivity index (χ3v) is 3.78. The molecule has 0 unspecified atom stereocenters. The normalized spacial score (nSPS) is 22.4. The van der Waals surface area contributed by atoms with Gasteiger partial charge in [0, 0.05) is 25.6 Å². The van der Waals surface area contributed by atoms with Crippen LogP contribution < -0.4 is 0 Å². The van der Waals surface area contributed by atoms with Gasteiger partial charge in [-0.05, 0) is 12.8 Å². The molecule has 20 heavy (non-hydrogen) atoms. The number of carboxylic acids is 1. The Morgan fingerprint density at radius 3 is 2.40 bits per heavy atom. The van der Waals surface area contributed by atoms with Gasteiger partial charge in [-0.3, -0.25) is 0 Å². The number of rotatable bonds is 6. The number of aliphatic hydroxyl groups is 2. The van der Waals surface area contributed by atoms with Crippen molar-refractivity contribution in [1.29, 1.82) is 0 Å². The molecule has 0 saturated carbocycles. The van der Waals surface area contributed by atoms with Gasteiger partial charge in [0.05, 0.1) is 12.7 Å². The number of urea groups is 1. The molecule has 0 aromatic heterocycles. The Bertz CT molecular complexity index is 346. The zero-order chi connectivity index (χ0) is 15.3. The molecule has 1 aliphatic heterocycles. The van der Waals surface area contributed by atoms with Crippen LogP contribution >= 0.6 is 0 Å². The molecule has 0 aromatic rings. The molecule has 0 bridgehead atoms. The van der Waals surface area contributed by atoms with Gasteiger partial charge in [0.15, 0.2) is 0 Å². The molecule has 0 spiro atoms. The Kier molecular flexibility index (Phi) is 6.22. The van der Waals surface area contributed by atoms with E-state index in [9.17, 15) is 14.7 Å². The first-order valence-electron chi connectivity index (χ1n) is 7.05. The van der Waals surface area contributed by atoms with Gasteiger partial charge in [0.1, 0.15) is 6.04 Å². The maximum absolute atomic E-state index is 12.5. The van der Waals surface area contributed by atoms with Gasteiger partial charge in [-0.15, -0.1) is 0 Å². The summed E-state index contributed by atoms with van der Waals surface area (Å²) in [6, 6.07) is -1.45. The summed E-state index contributed by atoms with van der Waals surface area (Å²) in [5, 5.41) is 27.9. The van der Waals surface area contributed by atoms with E-state index in [2.05, 4.69) is 0 Å². The average Bonchev–Trinajstić information content (AvgIpc) is 2.80. The summed E-state index contributed by atoms with van der Waals surface area (Å²) in [5.41, 5.74) is 0. The number of amides is 2. The number of hydrogen-bond acceptors (Lipinski definition) is 4. The molecule has 3 N–H and O–H groups in total. The maximum Gasteiger partial charge on any atom is 0.326 e. The van der Waals surface area contributed by atoms with Crippen molar-refractivity contribution in [3.63, 3.8) is 0 Å². The van der Waals surface area contributed by atoms with Crippen molar-refractivity contribution >= 4 is 12.0 Å². The highest BCUT2D eigenvalue weighted by atomic mass is 16.4. The summed E-state index contributed by atoms with van der Waals surface area (Å²) in [4.78, 5) is 26.4. The SMILES string of the molecule is CCC(CC)N(CCO)C(=O)N1C[C@@H](O)C[C@H]1C(=O)O. The molecule has 1 fully saturated rings. The van der Waals surface area contributed by atoms with Crippen LogP contribution in [-0.2, 0) is 4.79 Å². The van der Waals surface area contributed by atoms with Crippen molar-refractivity contribution < 1.29 is 24.9 Å². The minimum absolute atomic E-state index is 0.0257. The second kappa shape index (κ2) is 7.44. The monoisotopic (exact) mass is 288 g/mol. The number of hydrogen-bond donors (Lipinski definition) is 3. The van der Waals surface area contributed by atoms with Gasteiger partial charge < -0.3 is 25.1 Å². The maximum atomic E-state index is 12.5. The number of aliphatic carboxylic acids is 1. The number of nitrogens with zero attached hydrogens (tertiary/aromatic N) is 2. The minimum atomic E-state index is -1.11. The Balaban J connectivity index is 2.90. The lowest BCUT2D eigenvalue weighted by Gasteiger charge is -2.35. The van der Waals surface area contributed by atoms with E-state index in [0.29, 0.717) is 0 Å². The fourth-order valence-corrected chi connectivity index (χ4v) is 2.70. The predicted octanol–water partition coefficient (Wildman–Crippen LogP) is 0.109. The van der Waals surface area contributed by atoms with Crippen molar-refractivity contribution in [3.8, 4) is 0 Å². The highest BCUT2D eigenvalue weighted by molar-refractivity contribution is 5.83. The van der Waals surface area contributed by atoms with Gasteiger partial charge in [0.2, 0.25) is 0 Å². The van der Waals surface area contributed by atoms with E-state index in [1.807, 2.05) is 13.8 Å². The molecule has 1 aliphatic rings. The quantitative estimate of drug-likeness (QED) is 0.644. The highest BCUT2D eigenvalue weighted by Crippen LogP contribution is 2.22. The van der Waals surface area contributed by atoms with Gasteiger partial charge in [0.25, 0.3) is 0 Å². The van der Waals surface area contributed by atoms with Crippen molar-refractivity contribution in [2.24, 2.45) is 0 Å². The predicted molar refractivity (Wildman–Crippen MR) is 72.3 cm³/mol. The van der Waals surface area contributed by atoms with Crippen LogP contribution in [0.5, 0.6) is 0 Å². The zero-order valence-electron chi connectivity index (χ0n) is 12.0. The van der Waals surface area contributed by atoms with Gasteiger partial charge in [-0.2, -0.15) is 0 Å². The molecule has 0 aromatic carbocycles. The highest BCUT2D eigenvalue weighted by Gasteiger charge is 2.41. The first kappa shape index (κ1) is 16.7. The molecule has 0 aliphatic carbocycles. The van der Waals surface area contributed by atoms with E-state index in [4.69, 9.17) is 10.2 Å². The Morgan fingerprint density at radius 1 is 1.35 bits per heavy atom. The lowest BCUT2D eigenvalue weighted by molar-refractivity contribution is -0.141. The molecule has 7 nitrogen and oxygen atoms in total. The molecule has 1 heterocycles. The third kappa shape index (κ3) is 3.61. The van der Waals surface area contributed by atoms with Gasteiger partial charge in [-0.25, -0.2) is 9.59 Å². The van der Waals surface area contributed by atoms with Crippen LogP contribution in [0.25, 0.3) is 0 Å². The number of carbonyl (C=O) groups excluding carboxylic acids is 1. The number of aliphatic hydroxyl groups excluding tert-OH is 2. The molecule has 0 radical (unpaired) electrons. The topological polar surface area (TPSA) is 101 Å². The molecular formula is C13H24N2O5. The fourth-order valence-electron chi connectivity index (χ4n) is 2.70. The molecule has 116 valence electrons. The van der Waals surface area contributed by atoms with Gasteiger partial charge in [-0.1, -0.05) is 13.8 Å². The zero-order valence-corrected chi connectivity index (χ0v) is 12.0. The van der Waals surface area contributed by atoms with Gasteiger partial charge >= 0.3 is 12.0 Å². The number of likely N-dealkylation sites (tertiary alicyclic amines) is 1. The molecule has 1 rings (SSSR count). The number of β-amino-alcohol motifs (C(OH)–C–C–N with tert-alkyl or cyclic N) is 1. The summed E-state index contributed by atoms with van der Waals surface area (Å²) in [7, 11) is 0. The van der Waals surface area contributed by atoms with E-state index >= 15 is 0 Å². The van der Waals surface area contributed by atoms with Crippen molar-refractivity contribution in [1.82, 2.24) is 9.80 Å². The molecule has 1 saturated heterocycles. The first-order valence-corrected chi connectivity index (χ1v) is 7.05. The summed E-state index contributed by atoms with van der Waals surface area (Å²) < 4.78 is 0. The van der Waals surface area contributed by atoms with Crippen LogP contribution in [0.15, 0.2) is 0 Å². The third-order valence-electron chi connectivity index (χ3n) is 3.78. The fraction of sp³-hybridized carbons (Fsp3) is 0.846. The standard InChI is InChI=1S/C13H24N2O5/c1-3-9(4-2)14(5-6-16)13(20)15-8-10(17)7-11(15)12(18)19/h9-11,16-17H,3-8H2,1-2H3,(H,18,19)/t10-,11-/m0/s1. The molecular weight excluding hydrogens is 264 g/mol. The largest absolute Gasteiger partial charge is 0.480 e. The Labute approximate surface area is 118 Å². The van der Waals surface area contributed by atoms with Crippen LogP contribution in [0.3, 0.4) is 0 Å². The van der Waals surface area contributed by atoms with E-state index in [1.165, 1.54) is 9.80 Å². The smallest absolute Gasteiger partial charge is 0.326 e.